The lowest BCUT2D eigenvalue weighted by molar-refractivity contribution is -0.172. The van der Waals surface area contributed by atoms with Gasteiger partial charge in [-0.25, -0.2) is 4.98 Å². The number of rotatable bonds is 5. The van der Waals surface area contributed by atoms with E-state index in [4.69, 9.17) is 5.73 Å². The van der Waals surface area contributed by atoms with Crippen molar-refractivity contribution in [2.75, 3.05) is 30.8 Å². The van der Waals surface area contributed by atoms with E-state index in [9.17, 15) is 13.2 Å². The number of nitrogens with one attached hydrogen (secondary N) is 1. The third-order valence-electron chi connectivity index (χ3n) is 1.60. The number of nitrogen functional groups attached to an aromatic ring is 1. The van der Waals surface area contributed by atoms with Gasteiger partial charge in [-0.1, -0.05) is 0 Å². The van der Waals surface area contributed by atoms with Gasteiger partial charge < -0.3 is 15.8 Å². The minimum Gasteiger partial charge on any atom is -0.397 e. The Morgan fingerprint density at radius 1 is 1.38 bits per heavy atom. The van der Waals surface area contributed by atoms with Gasteiger partial charge in [-0.15, -0.1) is 0 Å². The van der Waals surface area contributed by atoms with Gasteiger partial charge >= 0.3 is 6.18 Å². The number of nitrogens with two attached hydrogens (primary N) is 1. The Balaban J connectivity index is 2.14. The summed E-state index contributed by atoms with van der Waals surface area (Å²) in [7, 11) is 0. The van der Waals surface area contributed by atoms with Crippen molar-refractivity contribution in [1.82, 2.24) is 4.98 Å². The number of nitrogens with zero attached hydrogens (tertiary/aromatic N) is 1. The Hall–Kier alpha value is -1.50. The minimum absolute atomic E-state index is 0.0361. The van der Waals surface area contributed by atoms with Crippen LogP contribution in [0.4, 0.5) is 24.7 Å². The van der Waals surface area contributed by atoms with Crippen molar-refractivity contribution in [2.45, 2.75) is 6.18 Å². The van der Waals surface area contributed by atoms with Crippen LogP contribution in [0.5, 0.6) is 0 Å². The molecule has 0 aliphatic heterocycles. The average molecular weight is 235 g/mol. The van der Waals surface area contributed by atoms with Gasteiger partial charge in [0.05, 0.1) is 18.5 Å². The van der Waals surface area contributed by atoms with Crippen LogP contribution < -0.4 is 11.1 Å². The molecule has 1 aromatic heterocycles. The first kappa shape index (κ1) is 12.6. The zero-order chi connectivity index (χ0) is 12.0. The Morgan fingerprint density at radius 3 is 2.69 bits per heavy atom. The fourth-order valence-electron chi connectivity index (χ4n) is 0.949. The highest BCUT2D eigenvalue weighted by Crippen LogP contribution is 2.14. The van der Waals surface area contributed by atoms with Crippen LogP contribution in [0.25, 0.3) is 0 Å². The molecule has 0 atom stereocenters. The van der Waals surface area contributed by atoms with Gasteiger partial charge in [-0.2, -0.15) is 13.2 Å². The van der Waals surface area contributed by atoms with E-state index in [2.05, 4.69) is 15.0 Å². The Bertz CT molecular complexity index is 313. The second kappa shape index (κ2) is 5.55. The molecule has 0 fully saturated rings. The number of hydrogen-bond acceptors (Lipinski definition) is 4. The summed E-state index contributed by atoms with van der Waals surface area (Å²) in [6.45, 7) is -1.01. The number of pyridine rings is 1. The van der Waals surface area contributed by atoms with E-state index in [-0.39, 0.29) is 13.2 Å². The molecule has 0 radical (unpaired) electrons. The highest BCUT2D eigenvalue weighted by Gasteiger charge is 2.27. The normalized spacial score (nSPS) is 11.4. The Kier molecular flexibility index (Phi) is 4.36. The molecular formula is C9H12F3N3O. The van der Waals surface area contributed by atoms with E-state index in [1.807, 2.05) is 0 Å². The van der Waals surface area contributed by atoms with Crippen molar-refractivity contribution in [3.63, 3.8) is 0 Å². The second-order valence-corrected chi connectivity index (χ2v) is 3.07. The lowest BCUT2D eigenvalue weighted by atomic mass is 10.4. The van der Waals surface area contributed by atoms with Crippen LogP contribution in [-0.2, 0) is 4.74 Å². The van der Waals surface area contributed by atoms with Crippen molar-refractivity contribution in [2.24, 2.45) is 0 Å². The summed E-state index contributed by atoms with van der Waals surface area (Å²) < 4.78 is 39.4. The zero-order valence-corrected chi connectivity index (χ0v) is 8.42. The zero-order valence-electron chi connectivity index (χ0n) is 8.42. The number of ether oxygens (including phenoxy) is 1. The van der Waals surface area contributed by atoms with Gasteiger partial charge in [-0.05, 0) is 12.1 Å². The van der Waals surface area contributed by atoms with Crippen LogP contribution in [0, 0.1) is 0 Å². The molecule has 0 bridgehead atoms. The molecule has 0 spiro atoms. The molecule has 0 aromatic carbocycles. The summed E-state index contributed by atoms with van der Waals surface area (Å²) in [5.41, 5.74) is 5.94. The number of halogens is 3. The van der Waals surface area contributed by atoms with Gasteiger partial charge in [0.2, 0.25) is 0 Å². The summed E-state index contributed by atoms with van der Waals surface area (Å²) in [5, 5.41) is 2.80. The monoisotopic (exact) mass is 235 g/mol. The molecule has 1 aromatic rings. The van der Waals surface area contributed by atoms with Crippen molar-refractivity contribution in [3.05, 3.63) is 18.3 Å². The van der Waals surface area contributed by atoms with E-state index in [0.29, 0.717) is 11.5 Å². The first-order valence-corrected chi connectivity index (χ1v) is 4.57. The van der Waals surface area contributed by atoms with Crippen LogP contribution in [0.1, 0.15) is 0 Å². The lowest BCUT2D eigenvalue weighted by Crippen LogP contribution is -2.20. The van der Waals surface area contributed by atoms with Crippen molar-refractivity contribution < 1.29 is 17.9 Å². The number of aromatic nitrogens is 1. The van der Waals surface area contributed by atoms with Crippen LogP contribution in [0.3, 0.4) is 0 Å². The van der Waals surface area contributed by atoms with Gasteiger partial charge in [0, 0.05) is 6.54 Å². The molecular weight excluding hydrogens is 223 g/mol. The Labute approximate surface area is 90.6 Å². The molecule has 16 heavy (non-hydrogen) atoms. The summed E-state index contributed by atoms with van der Waals surface area (Å²) in [5.74, 6) is 0.546. The van der Waals surface area contributed by atoms with Crippen molar-refractivity contribution >= 4 is 11.5 Å². The molecule has 3 N–H and O–H groups in total. The molecule has 0 saturated heterocycles. The van der Waals surface area contributed by atoms with Crippen molar-refractivity contribution in [1.29, 1.82) is 0 Å². The average Bonchev–Trinajstić information content (AvgIpc) is 2.19. The molecule has 0 amide bonds. The first-order chi connectivity index (χ1) is 7.47. The van der Waals surface area contributed by atoms with E-state index in [0.717, 1.165) is 0 Å². The van der Waals surface area contributed by atoms with Gasteiger partial charge in [0.1, 0.15) is 12.4 Å². The van der Waals surface area contributed by atoms with E-state index in [1.54, 1.807) is 12.1 Å². The number of alkyl halides is 3. The number of hydrogen-bond donors (Lipinski definition) is 2. The van der Waals surface area contributed by atoms with Crippen LogP contribution in [-0.4, -0.2) is 30.9 Å². The van der Waals surface area contributed by atoms with Crippen LogP contribution in [0.2, 0.25) is 0 Å². The smallest absolute Gasteiger partial charge is 0.397 e. The maximum Gasteiger partial charge on any atom is 0.411 e. The minimum atomic E-state index is -4.28. The van der Waals surface area contributed by atoms with Gasteiger partial charge in [0.15, 0.2) is 0 Å². The fraction of sp³-hybridized carbons (Fsp3) is 0.444. The molecule has 0 aliphatic rings. The molecule has 7 heteroatoms. The fourth-order valence-corrected chi connectivity index (χ4v) is 0.949. The van der Waals surface area contributed by atoms with E-state index in [1.165, 1.54) is 6.20 Å². The molecule has 1 heterocycles. The topological polar surface area (TPSA) is 60.2 Å². The van der Waals surface area contributed by atoms with Gasteiger partial charge in [0.25, 0.3) is 0 Å². The lowest BCUT2D eigenvalue weighted by Gasteiger charge is -2.08. The summed E-state index contributed by atoms with van der Waals surface area (Å²) >= 11 is 0. The molecule has 0 aliphatic carbocycles. The first-order valence-electron chi connectivity index (χ1n) is 4.57. The van der Waals surface area contributed by atoms with Gasteiger partial charge in [-0.3, -0.25) is 0 Å². The molecule has 90 valence electrons. The SMILES string of the molecule is Nc1ccc(NCCOCC(F)(F)F)nc1. The summed E-state index contributed by atoms with van der Waals surface area (Å²) in [6, 6.07) is 3.28. The largest absolute Gasteiger partial charge is 0.411 e. The standard InChI is InChI=1S/C9H12F3N3O/c10-9(11,12)6-16-4-3-14-8-2-1-7(13)5-15-8/h1-2,5H,3-4,6,13H2,(H,14,15). The second-order valence-electron chi connectivity index (χ2n) is 3.07. The molecule has 4 nitrogen and oxygen atoms in total. The maximum atomic E-state index is 11.7. The van der Waals surface area contributed by atoms with Crippen LogP contribution in [0.15, 0.2) is 18.3 Å². The predicted octanol–water partition coefficient (Wildman–Crippen LogP) is 1.65. The summed E-state index contributed by atoms with van der Waals surface area (Å²) in [6.07, 6.45) is -2.82. The number of anilines is 2. The third kappa shape index (κ3) is 5.40. The highest BCUT2D eigenvalue weighted by atomic mass is 19.4. The maximum absolute atomic E-state index is 11.7. The van der Waals surface area contributed by atoms with E-state index >= 15 is 0 Å². The predicted molar refractivity (Wildman–Crippen MR) is 54.0 cm³/mol. The molecule has 0 saturated carbocycles. The Morgan fingerprint density at radius 2 is 2.12 bits per heavy atom. The van der Waals surface area contributed by atoms with Crippen molar-refractivity contribution in [3.8, 4) is 0 Å². The van der Waals surface area contributed by atoms with Crippen LogP contribution >= 0.6 is 0 Å². The highest BCUT2D eigenvalue weighted by molar-refractivity contribution is 5.43. The third-order valence-corrected chi connectivity index (χ3v) is 1.60. The summed E-state index contributed by atoms with van der Waals surface area (Å²) in [4.78, 5) is 3.91. The molecule has 0 unspecified atom stereocenters. The quantitative estimate of drug-likeness (QED) is 0.762. The molecule has 1 rings (SSSR count). The van der Waals surface area contributed by atoms with E-state index < -0.39 is 12.8 Å².